The summed E-state index contributed by atoms with van der Waals surface area (Å²) < 4.78 is 0. The molecule has 0 aliphatic rings. The maximum absolute atomic E-state index is 10.4. The first-order chi connectivity index (χ1) is 7.09. The Morgan fingerprint density at radius 3 is 2.47 bits per heavy atom. The molecule has 0 saturated carbocycles. The van der Waals surface area contributed by atoms with Crippen molar-refractivity contribution in [2.45, 2.75) is 25.3 Å². The highest BCUT2D eigenvalue weighted by atomic mass is 16.4. The summed E-state index contributed by atoms with van der Waals surface area (Å²) in [5.74, 6) is -0.938. The number of aliphatic carboxylic acids is 1. The monoisotopic (exact) mass is 208 g/mol. The number of carbonyl (C=O) groups is 1. The van der Waals surface area contributed by atoms with E-state index in [1.165, 1.54) is 0 Å². The number of benzene rings is 1. The number of rotatable bonds is 5. The van der Waals surface area contributed by atoms with Gasteiger partial charge < -0.3 is 16.6 Å². The maximum Gasteiger partial charge on any atom is 0.320 e. The molecule has 0 aromatic heterocycles. The molecule has 0 fully saturated rings. The summed E-state index contributed by atoms with van der Waals surface area (Å²) in [6.07, 6.45) is 2.11. The fourth-order valence-electron chi connectivity index (χ4n) is 1.33. The topological polar surface area (TPSA) is 89.3 Å². The first kappa shape index (κ1) is 11.5. The molecule has 1 aromatic carbocycles. The minimum atomic E-state index is -0.938. The minimum Gasteiger partial charge on any atom is -0.480 e. The molecule has 0 heterocycles. The second-order valence-electron chi connectivity index (χ2n) is 3.58. The molecular formula is C11H16N2O2. The average molecular weight is 208 g/mol. The summed E-state index contributed by atoms with van der Waals surface area (Å²) >= 11 is 0. The van der Waals surface area contributed by atoms with Crippen LogP contribution >= 0.6 is 0 Å². The van der Waals surface area contributed by atoms with Crippen LogP contribution in [0.2, 0.25) is 0 Å². The highest BCUT2D eigenvalue weighted by Gasteiger charge is 2.10. The molecule has 0 saturated heterocycles. The third-order valence-electron chi connectivity index (χ3n) is 2.28. The molecule has 1 rings (SSSR count). The van der Waals surface area contributed by atoms with Crippen molar-refractivity contribution in [1.29, 1.82) is 0 Å². The molecule has 15 heavy (non-hydrogen) atoms. The van der Waals surface area contributed by atoms with Crippen molar-refractivity contribution in [3.05, 3.63) is 29.8 Å². The Morgan fingerprint density at radius 1 is 1.33 bits per heavy atom. The van der Waals surface area contributed by atoms with Crippen LogP contribution in [0.3, 0.4) is 0 Å². The van der Waals surface area contributed by atoms with Crippen molar-refractivity contribution in [1.82, 2.24) is 0 Å². The fraction of sp³-hybridized carbons (Fsp3) is 0.364. The number of hydrogen-bond donors (Lipinski definition) is 3. The van der Waals surface area contributed by atoms with E-state index in [1.807, 2.05) is 24.3 Å². The predicted octanol–water partition coefficient (Wildman–Crippen LogP) is 1.00. The lowest BCUT2D eigenvalue weighted by Crippen LogP contribution is -2.29. The number of carboxylic acids is 1. The SMILES string of the molecule is Nc1ccc(CCCC(N)C(=O)O)cc1. The lowest BCUT2D eigenvalue weighted by Gasteiger charge is -2.06. The molecule has 1 aromatic rings. The van der Waals surface area contributed by atoms with Crippen LogP contribution < -0.4 is 11.5 Å². The van der Waals surface area contributed by atoms with E-state index in [0.717, 1.165) is 24.1 Å². The third-order valence-corrected chi connectivity index (χ3v) is 2.28. The van der Waals surface area contributed by atoms with Gasteiger partial charge >= 0.3 is 5.97 Å². The van der Waals surface area contributed by atoms with Gasteiger partial charge in [-0.05, 0) is 37.0 Å². The van der Waals surface area contributed by atoms with Gasteiger partial charge in [0, 0.05) is 5.69 Å². The Hall–Kier alpha value is -1.55. The van der Waals surface area contributed by atoms with Crippen LogP contribution in [-0.4, -0.2) is 17.1 Å². The van der Waals surface area contributed by atoms with Crippen LogP contribution in [0, 0.1) is 0 Å². The van der Waals surface area contributed by atoms with Crippen molar-refractivity contribution < 1.29 is 9.90 Å². The lowest BCUT2D eigenvalue weighted by molar-refractivity contribution is -0.138. The number of nitrogen functional groups attached to an aromatic ring is 1. The quantitative estimate of drug-likeness (QED) is 0.630. The van der Waals surface area contributed by atoms with E-state index in [-0.39, 0.29) is 0 Å². The third kappa shape index (κ3) is 3.99. The summed E-state index contributed by atoms with van der Waals surface area (Å²) in [5, 5.41) is 8.57. The van der Waals surface area contributed by atoms with Crippen LogP contribution in [0.5, 0.6) is 0 Å². The number of anilines is 1. The van der Waals surface area contributed by atoms with Crippen LogP contribution in [-0.2, 0) is 11.2 Å². The Balaban J connectivity index is 2.32. The predicted molar refractivity (Wildman–Crippen MR) is 59.4 cm³/mol. The molecule has 4 nitrogen and oxygen atoms in total. The number of nitrogens with two attached hydrogens (primary N) is 2. The van der Waals surface area contributed by atoms with Crippen LogP contribution in [0.4, 0.5) is 5.69 Å². The highest BCUT2D eigenvalue weighted by Crippen LogP contribution is 2.09. The molecular weight excluding hydrogens is 192 g/mol. The van der Waals surface area contributed by atoms with Gasteiger partial charge in [-0.15, -0.1) is 0 Å². The normalized spacial score (nSPS) is 12.3. The van der Waals surface area contributed by atoms with Crippen molar-refractivity contribution in [3.63, 3.8) is 0 Å². The summed E-state index contributed by atoms with van der Waals surface area (Å²) in [4.78, 5) is 10.4. The molecule has 82 valence electrons. The van der Waals surface area contributed by atoms with E-state index in [2.05, 4.69) is 0 Å². The van der Waals surface area contributed by atoms with E-state index >= 15 is 0 Å². The second-order valence-corrected chi connectivity index (χ2v) is 3.58. The molecule has 1 atom stereocenters. The zero-order valence-electron chi connectivity index (χ0n) is 8.52. The number of aryl methyl sites for hydroxylation is 1. The van der Waals surface area contributed by atoms with E-state index < -0.39 is 12.0 Å². The molecule has 0 spiro atoms. The zero-order chi connectivity index (χ0) is 11.3. The second kappa shape index (κ2) is 5.36. The summed E-state index contributed by atoms with van der Waals surface area (Å²) in [6, 6.07) is 6.82. The Kier molecular flexibility index (Phi) is 4.12. The standard InChI is InChI=1S/C11H16N2O2/c12-9-6-4-8(5-7-9)2-1-3-10(13)11(14)15/h4-7,10H,1-3,12-13H2,(H,14,15). The maximum atomic E-state index is 10.4. The summed E-state index contributed by atoms with van der Waals surface area (Å²) in [6.45, 7) is 0. The van der Waals surface area contributed by atoms with Crippen molar-refractivity contribution in [2.24, 2.45) is 5.73 Å². The van der Waals surface area contributed by atoms with Crippen molar-refractivity contribution in [3.8, 4) is 0 Å². The van der Waals surface area contributed by atoms with E-state index in [1.54, 1.807) is 0 Å². The van der Waals surface area contributed by atoms with Gasteiger partial charge in [0.15, 0.2) is 0 Å². The smallest absolute Gasteiger partial charge is 0.320 e. The molecule has 0 amide bonds. The summed E-state index contributed by atoms with van der Waals surface area (Å²) in [5.41, 5.74) is 12.8. The minimum absolute atomic E-state index is 0.500. The number of carboxylic acid groups (broad SMARTS) is 1. The molecule has 1 unspecified atom stereocenters. The van der Waals surface area contributed by atoms with Gasteiger partial charge in [-0.2, -0.15) is 0 Å². The van der Waals surface area contributed by atoms with Crippen molar-refractivity contribution >= 4 is 11.7 Å². The first-order valence-electron chi connectivity index (χ1n) is 4.92. The average Bonchev–Trinajstić information content (AvgIpc) is 2.20. The van der Waals surface area contributed by atoms with Crippen LogP contribution in [0.25, 0.3) is 0 Å². The van der Waals surface area contributed by atoms with Gasteiger partial charge in [-0.3, -0.25) is 4.79 Å². The van der Waals surface area contributed by atoms with Crippen molar-refractivity contribution in [2.75, 3.05) is 5.73 Å². The molecule has 0 radical (unpaired) electrons. The fourth-order valence-corrected chi connectivity index (χ4v) is 1.33. The zero-order valence-corrected chi connectivity index (χ0v) is 8.52. The summed E-state index contributed by atoms with van der Waals surface area (Å²) in [7, 11) is 0. The highest BCUT2D eigenvalue weighted by molar-refractivity contribution is 5.72. The first-order valence-corrected chi connectivity index (χ1v) is 4.92. The van der Waals surface area contributed by atoms with Crippen LogP contribution in [0.1, 0.15) is 18.4 Å². The Morgan fingerprint density at radius 2 is 1.93 bits per heavy atom. The Bertz CT molecular complexity index is 322. The van der Waals surface area contributed by atoms with Gasteiger partial charge in [-0.1, -0.05) is 12.1 Å². The van der Waals surface area contributed by atoms with Gasteiger partial charge in [0.25, 0.3) is 0 Å². The molecule has 0 aliphatic heterocycles. The number of hydrogen-bond acceptors (Lipinski definition) is 3. The van der Waals surface area contributed by atoms with Gasteiger partial charge in [0.05, 0.1) is 0 Å². The molecule has 0 bridgehead atoms. The van der Waals surface area contributed by atoms with E-state index in [0.29, 0.717) is 6.42 Å². The largest absolute Gasteiger partial charge is 0.480 e. The molecule has 4 heteroatoms. The van der Waals surface area contributed by atoms with Crippen LogP contribution in [0.15, 0.2) is 24.3 Å². The van der Waals surface area contributed by atoms with Gasteiger partial charge in [-0.25, -0.2) is 0 Å². The van der Waals surface area contributed by atoms with Gasteiger partial charge in [0.1, 0.15) is 6.04 Å². The van der Waals surface area contributed by atoms with E-state index in [4.69, 9.17) is 16.6 Å². The van der Waals surface area contributed by atoms with Gasteiger partial charge in [0.2, 0.25) is 0 Å². The lowest BCUT2D eigenvalue weighted by atomic mass is 10.0. The molecule has 0 aliphatic carbocycles. The molecule has 5 N–H and O–H groups in total. The van der Waals surface area contributed by atoms with E-state index in [9.17, 15) is 4.79 Å². The Labute approximate surface area is 88.9 Å².